The minimum atomic E-state index is -0.525. The molecule has 1 N–H and O–H groups in total. The molecule has 1 aromatic rings. The first-order valence-corrected chi connectivity index (χ1v) is 9.41. The summed E-state index contributed by atoms with van der Waals surface area (Å²) < 4.78 is 5.67. The van der Waals surface area contributed by atoms with E-state index in [1.165, 1.54) is 19.3 Å². The number of likely N-dealkylation sites (tertiary alicyclic amines) is 1. The minimum absolute atomic E-state index is 0.241. The highest BCUT2D eigenvalue weighted by Gasteiger charge is 2.49. The number of aliphatic hydroxyl groups excluding tert-OH is 1. The summed E-state index contributed by atoms with van der Waals surface area (Å²) >= 11 is 12.0. The molecule has 134 valence electrons. The van der Waals surface area contributed by atoms with E-state index in [9.17, 15) is 5.11 Å². The first kappa shape index (κ1) is 18.3. The van der Waals surface area contributed by atoms with Crippen LogP contribution in [-0.4, -0.2) is 41.8 Å². The third kappa shape index (κ3) is 4.19. The highest BCUT2D eigenvalue weighted by Crippen LogP contribution is 2.52. The quantitative estimate of drug-likeness (QED) is 0.818. The number of aliphatic hydroxyl groups is 1. The molecule has 0 spiro atoms. The van der Waals surface area contributed by atoms with E-state index >= 15 is 0 Å². The van der Waals surface area contributed by atoms with Crippen molar-refractivity contribution in [2.45, 2.75) is 52.2 Å². The van der Waals surface area contributed by atoms with Crippen molar-refractivity contribution in [2.75, 3.05) is 19.7 Å². The summed E-state index contributed by atoms with van der Waals surface area (Å²) in [6.45, 7) is 9.08. The largest absolute Gasteiger partial charge is 0.489 e. The van der Waals surface area contributed by atoms with E-state index in [-0.39, 0.29) is 6.61 Å². The summed E-state index contributed by atoms with van der Waals surface area (Å²) in [6, 6.07) is 5.70. The van der Waals surface area contributed by atoms with Crippen LogP contribution in [0, 0.1) is 10.8 Å². The molecule has 0 unspecified atom stereocenters. The lowest BCUT2D eigenvalue weighted by Gasteiger charge is -2.40. The zero-order valence-corrected chi connectivity index (χ0v) is 16.2. The van der Waals surface area contributed by atoms with Crippen molar-refractivity contribution >= 4 is 23.2 Å². The molecule has 2 fully saturated rings. The average molecular weight is 372 g/mol. The Morgan fingerprint density at radius 3 is 2.75 bits per heavy atom. The van der Waals surface area contributed by atoms with Crippen LogP contribution in [-0.2, 0) is 0 Å². The molecule has 3 rings (SSSR count). The Bertz CT molecular complexity index is 607. The average Bonchev–Trinajstić information content (AvgIpc) is 2.66. The summed E-state index contributed by atoms with van der Waals surface area (Å²) in [6.07, 6.45) is 3.19. The van der Waals surface area contributed by atoms with Crippen LogP contribution in [0.3, 0.4) is 0 Å². The number of hydrogen-bond donors (Lipinski definition) is 1. The van der Waals surface area contributed by atoms with Crippen molar-refractivity contribution in [3.63, 3.8) is 0 Å². The second-order valence-electron chi connectivity index (χ2n) is 8.68. The Hall–Kier alpha value is -0.480. The normalized spacial score (nSPS) is 30.3. The van der Waals surface area contributed by atoms with Crippen molar-refractivity contribution in [2.24, 2.45) is 10.8 Å². The Morgan fingerprint density at radius 2 is 2.04 bits per heavy atom. The van der Waals surface area contributed by atoms with Crippen molar-refractivity contribution in [3.05, 3.63) is 28.2 Å². The lowest BCUT2D eigenvalue weighted by atomic mass is 9.65. The molecular weight excluding hydrogens is 345 g/mol. The van der Waals surface area contributed by atoms with Gasteiger partial charge in [-0.25, -0.2) is 0 Å². The molecule has 1 aliphatic heterocycles. The van der Waals surface area contributed by atoms with Crippen molar-refractivity contribution in [1.29, 1.82) is 0 Å². The lowest BCUT2D eigenvalue weighted by molar-refractivity contribution is 0.0585. The Kier molecular flexibility index (Phi) is 5.10. The molecule has 3 atom stereocenters. The van der Waals surface area contributed by atoms with Gasteiger partial charge in [-0.1, -0.05) is 44.0 Å². The SMILES string of the molecule is CC1(C)C[C@H]2C[C@](C)(CN2C[C@@H](O)COc2ccc(Cl)cc2Cl)C1. The molecule has 0 radical (unpaired) electrons. The van der Waals surface area contributed by atoms with Crippen LogP contribution in [0.5, 0.6) is 5.75 Å². The summed E-state index contributed by atoms with van der Waals surface area (Å²) in [5.41, 5.74) is 0.775. The number of nitrogens with zero attached hydrogens (tertiary/aromatic N) is 1. The molecule has 0 aromatic heterocycles. The maximum atomic E-state index is 10.4. The first-order chi connectivity index (χ1) is 11.2. The molecule has 1 aromatic carbocycles. The van der Waals surface area contributed by atoms with Crippen molar-refractivity contribution in [3.8, 4) is 5.75 Å². The molecule has 1 aliphatic carbocycles. The molecule has 3 nitrogen and oxygen atoms in total. The van der Waals surface area contributed by atoms with Gasteiger partial charge in [0.15, 0.2) is 0 Å². The summed E-state index contributed by atoms with van der Waals surface area (Å²) in [5, 5.41) is 11.5. The number of fused-ring (bicyclic) bond motifs is 2. The lowest BCUT2D eigenvalue weighted by Crippen LogP contribution is -2.39. The van der Waals surface area contributed by atoms with Gasteiger partial charge in [-0.05, 0) is 48.3 Å². The Labute approximate surface area is 154 Å². The van der Waals surface area contributed by atoms with E-state index in [4.69, 9.17) is 27.9 Å². The van der Waals surface area contributed by atoms with Crippen molar-refractivity contribution < 1.29 is 9.84 Å². The number of β-amino-alcohol motifs (C(OH)–C–C–N with tert-alkyl or cyclic N) is 1. The summed E-state index contributed by atoms with van der Waals surface area (Å²) in [4.78, 5) is 2.45. The Morgan fingerprint density at radius 1 is 1.29 bits per heavy atom. The predicted molar refractivity (Wildman–Crippen MR) is 99.1 cm³/mol. The summed E-state index contributed by atoms with van der Waals surface area (Å²) in [7, 11) is 0. The van der Waals surface area contributed by atoms with Gasteiger partial charge >= 0.3 is 0 Å². The predicted octanol–water partition coefficient (Wildman–Crippen LogP) is 4.63. The molecule has 24 heavy (non-hydrogen) atoms. The molecule has 1 saturated carbocycles. The maximum Gasteiger partial charge on any atom is 0.138 e. The zero-order valence-electron chi connectivity index (χ0n) is 14.7. The smallest absolute Gasteiger partial charge is 0.138 e. The number of ether oxygens (including phenoxy) is 1. The van der Waals surface area contributed by atoms with Crippen molar-refractivity contribution in [1.82, 2.24) is 4.90 Å². The molecule has 1 heterocycles. The molecule has 5 heteroatoms. The third-order valence-corrected chi connectivity index (χ3v) is 5.82. The fourth-order valence-corrected chi connectivity index (χ4v) is 5.35. The van der Waals surface area contributed by atoms with E-state index in [2.05, 4.69) is 25.7 Å². The van der Waals surface area contributed by atoms with Gasteiger partial charge in [-0.3, -0.25) is 4.90 Å². The molecule has 0 amide bonds. The van der Waals surface area contributed by atoms with Crippen LogP contribution in [0.2, 0.25) is 10.0 Å². The maximum absolute atomic E-state index is 10.4. The summed E-state index contributed by atoms with van der Waals surface area (Å²) in [5.74, 6) is 0.563. The standard InChI is InChI=1S/C19H27Cl2NO2/c1-18(2)7-14-8-19(3,11-18)12-22(14)9-15(23)10-24-17-5-4-13(20)6-16(17)21/h4-6,14-15,23H,7-12H2,1-3H3/t14-,15+,19-/m0/s1. The van der Waals surface area contributed by atoms with Gasteiger partial charge in [0, 0.05) is 24.2 Å². The fourth-order valence-electron chi connectivity index (χ4n) is 4.89. The minimum Gasteiger partial charge on any atom is -0.489 e. The first-order valence-electron chi connectivity index (χ1n) is 8.66. The second-order valence-corrected chi connectivity index (χ2v) is 9.53. The molecule has 2 aliphatic rings. The fraction of sp³-hybridized carbons (Fsp3) is 0.684. The van der Waals surface area contributed by atoms with E-state index < -0.39 is 6.10 Å². The number of hydrogen-bond acceptors (Lipinski definition) is 3. The van der Waals surface area contributed by atoms with E-state index in [0.717, 1.165) is 6.54 Å². The highest BCUT2D eigenvalue weighted by atomic mass is 35.5. The number of rotatable bonds is 5. The van der Waals surface area contributed by atoms with E-state index in [0.29, 0.717) is 39.2 Å². The van der Waals surface area contributed by atoms with E-state index in [1.54, 1.807) is 18.2 Å². The second kappa shape index (κ2) is 6.68. The van der Waals surface area contributed by atoms with Gasteiger partial charge in [0.25, 0.3) is 0 Å². The monoisotopic (exact) mass is 371 g/mol. The van der Waals surface area contributed by atoms with Crippen LogP contribution < -0.4 is 4.74 Å². The molecular formula is C19H27Cl2NO2. The van der Waals surface area contributed by atoms with Gasteiger partial charge in [-0.15, -0.1) is 0 Å². The van der Waals surface area contributed by atoms with Gasteiger partial charge in [0.2, 0.25) is 0 Å². The molecule has 1 saturated heterocycles. The van der Waals surface area contributed by atoms with Crippen LogP contribution in [0.4, 0.5) is 0 Å². The highest BCUT2D eigenvalue weighted by molar-refractivity contribution is 6.35. The number of benzene rings is 1. The van der Waals surface area contributed by atoms with Crippen LogP contribution in [0.1, 0.15) is 40.0 Å². The number of halogens is 2. The zero-order chi connectivity index (χ0) is 17.5. The third-order valence-electron chi connectivity index (χ3n) is 5.29. The van der Waals surface area contributed by atoms with Gasteiger partial charge in [0.05, 0.1) is 5.02 Å². The van der Waals surface area contributed by atoms with Gasteiger partial charge in [0.1, 0.15) is 18.5 Å². The van der Waals surface area contributed by atoms with Crippen LogP contribution in [0.15, 0.2) is 18.2 Å². The van der Waals surface area contributed by atoms with Gasteiger partial charge < -0.3 is 9.84 Å². The van der Waals surface area contributed by atoms with Crippen LogP contribution >= 0.6 is 23.2 Å². The molecule has 2 bridgehead atoms. The topological polar surface area (TPSA) is 32.7 Å². The van der Waals surface area contributed by atoms with Gasteiger partial charge in [-0.2, -0.15) is 0 Å². The van der Waals surface area contributed by atoms with Crippen LogP contribution in [0.25, 0.3) is 0 Å². The Balaban J connectivity index is 1.55. The van der Waals surface area contributed by atoms with E-state index in [1.807, 2.05) is 0 Å².